The number of hydrogen-bond donors (Lipinski definition) is 1. The molecule has 0 amide bonds. The fourth-order valence-electron chi connectivity index (χ4n) is 1.72. The van der Waals surface area contributed by atoms with Gasteiger partial charge in [0.2, 0.25) is 0 Å². The van der Waals surface area contributed by atoms with Crippen LogP contribution in [0.5, 0.6) is 11.5 Å². The zero-order chi connectivity index (χ0) is 13.0. The molecule has 0 spiro atoms. The van der Waals surface area contributed by atoms with Crippen molar-refractivity contribution in [3.8, 4) is 11.5 Å². The molecule has 0 heterocycles. The molecule has 0 saturated carbocycles. The van der Waals surface area contributed by atoms with E-state index in [-0.39, 0.29) is 11.5 Å². The highest BCUT2D eigenvalue weighted by molar-refractivity contribution is 5.95. The quantitative estimate of drug-likeness (QED) is 0.837. The van der Waals surface area contributed by atoms with Gasteiger partial charge < -0.3 is 9.84 Å². The van der Waals surface area contributed by atoms with E-state index in [1.807, 2.05) is 18.2 Å². The van der Waals surface area contributed by atoms with Crippen LogP contribution in [-0.2, 0) is 6.61 Å². The van der Waals surface area contributed by atoms with Crippen LogP contribution in [0.2, 0.25) is 0 Å². The van der Waals surface area contributed by atoms with Gasteiger partial charge in [-0.1, -0.05) is 30.3 Å². The monoisotopic (exact) mass is 242 g/mol. The molecular formula is C15H14O3. The van der Waals surface area contributed by atoms with Gasteiger partial charge in [-0.05, 0) is 19.1 Å². The summed E-state index contributed by atoms with van der Waals surface area (Å²) in [5.41, 5.74) is 1.51. The zero-order valence-electron chi connectivity index (χ0n) is 10.1. The van der Waals surface area contributed by atoms with E-state index < -0.39 is 0 Å². The number of phenols is 1. The smallest absolute Gasteiger partial charge is 0.160 e. The van der Waals surface area contributed by atoms with Gasteiger partial charge in [0.1, 0.15) is 18.1 Å². The second kappa shape index (κ2) is 5.36. The molecule has 18 heavy (non-hydrogen) atoms. The van der Waals surface area contributed by atoms with Crippen molar-refractivity contribution in [3.05, 3.63) is 59.7 Å². The minimum atomic E-state index is 0.0186. The maximum absolute atomic E-state index is 11.4. The van der Waals surface area contributed by atoms with Crippen molar-refractivity contribution in [3.63, 3.8) is 0 Å². The fourth-order valence-corrected chi connectivity index (χ4v) is 1.72. The van der Waals surface area contributed by atoms with Crippen molar-refractivity contribution in [1.82, 2.24) is 0 Å². The minimum absolute atomic E-state index is 0.0186. The largest absolute Gasteiger partial charge is 0.508 e. The van der Waals surface area contributed by atoms with Crippen LogP contribution in [-0.4, -0.2) is 10.9 Å². The van der Waals surface area contributed by atoms with Crippen LogP contribution in [0.15, 0.2) is 48.5 Å². The molecule has 0 aliphatic rings. The van der Waals surface area contributed by atoms with Gasteiger partial charge >= 0.3 is 0 Å². The van der Waals surface area contributed by atoms with Gasteiger partial charge in [-0.3, -0.25) is 4.79 Å². The van der Waals surface area contributed by atoms with Gasteiger partial charge in [0.15, 0.2) is 5.78 Å². The van der Waals surface area contributed by atoms with Crippen molar-refractivity contribution in [2.75, 3.05) is 0 Å². The van der Waals surface area contributed by atoms with Crippen LogP contribution in [0, 0.1) is 0 Å². The van der Waals surface area contributed by atoms with Gasteiger partial charge in [-0.15, -0.1) is 0 Å². The summed E-state index contributed by atoms with van der Waals surface area (Å²) < 4.78 is 5.55. The molecule has 3 nitrogen and oxygen atoms in total. The zero-order valence-corrected chi connectivity index (χ0v) is 10.1. The molecule has 92 valence electrons. The Bertz CT molecular complexity index is 561. The third-order valence-electron chi connectivity index (χ3n) is 2.61. The minimum Gasteiger partial charge on any atom is -0.508 e. The maximum Gasteiger partial charge on any atom is 0.160 e. The summed E-state index contributed by atoms with van der Waals surface area (Å²) >= 11 is 0. The molecule has 1 N–H and O–H groups in total. The van der Waals surface area contributed by atoms with Crippen molar-refractivity contribution in [1.29, 1.82) is 0 Å². The third-order valence-corrected chi connectivity index (χ3v) is 2.61. The SMILES string of the molecule is CC(=O)c1ccccc1COc1cccc(O)c1. The Morgan fingerprint density at radius 3 is 2.67 bits per heavy atom. The number of phenolic OH excluding ortho intramolecular Hbond substituents is 1. The molecule has 0 fully saturated rings. The molecule has 2 rings (SSSR count). The van der Waals surface area contributed by atoms with Gasteiger partial charge in [-0.2, -0.15) is 0 Å². The normalized spacial score (nSPS) is 10.1. The fraction of sp³-hybridized carbons (Fsp3) is 0.133. The predicted molar refractivity (Wildman–Crippen MR) is 68.9 cm³/mol. The lowest BCUT2D eigenvalue weighted by Gasteiger charge is -2.09. The van der Waals surface area contributed by atoms with Crippen LogP contribution in [0.3, 0.4) is 0 Å². The molecule has 0 unspecified atom stereocenters. The Labute approximate surface area is 106 Å². The average Bonchev–Trinajstić information content (AvgIpc) is 2.37. The van der Waals surface area contributed by atoms with Crippen LogP contribution in [0.4, 0.5) is 0 Å². The van der Waals surface area contributed by atoms with E-state index in [1.54, 1.807) is 24.3 Å². The predicted octanol–water partition coefficient (Wildman–Crippen LogP) is 3.17. The van der Waals surface area contributed by atoms with E-state index in [9.17, 15) is 9.90 Å². The lowest BCUT2D eigenvalue weighted by atomic mass is 10.1. The first kappa shape index (κ1) is 12.2. The Balaban J connectivity index is 2.13. The van der Waals surface area contributed by atoms with Crippen molar-refractivity contribution in [2.24, 2.45) is 0 Å². The first-order valence-corrected chi connectivity index (χ1v) is 5.67. The topological polar surface area (TPSA) is 46.5 Å². The van der Waals surface area contributed by atoms with Gasteiger partial charge in [-0.25, -0.2) is 0 Å². The van der Waals surface area contributed by atoms with Crippen molar-refractivity contribution < 1.29 is 14.6 Å². The van der Waals surface area contributed by atoms with Crippen LogP contribution < -0.4 is 4.74 Å². The summed E-state index contributed by atoms with van der Waals surface area (Å²) in [7, 11) is 0. The molecule has 0 atom stereocenters. The summed E-state index contributed by atoms with van der Waals surface area (Å²) in [5.74, 6) is 0.755. The summed E-state index contributed by atoms with van der Waals surface area (Å²) in [5, 5.41) is 9.32. The third kappa shape index (κ3) is 2.88. The van der Waals surface area contributed by atoms with E-state index in [0.29, 0.717) is 17.9 Å². The molecular weight excluding hydrogens is 228 g/mol. The Morgan fingerprint density at radius 1 is 1.17 bits per heavy atom. The van der Waals surface area contributed by atoms with E-state index >= 15 is 0 Å². The Morgan fingerprint density at radius 2 is 1.94 bits per heavy atom. The Hall–Kier alpha value is -2.29. The highest BCUT2D eigenvalue weighted by Crippen LogP contribution is 2.19. The van der Waals surface area contributed by atoms with E-state index in [1.165, 1.54) is 13.0 Å². The highest BCUT2D eigenvalue weighted by atomic mass is 16.5. The van der Waals surface area contributed by atoms with Gasteiger partial charge in [0, 0.05) is 17.2 Å². The number of carbonyl (C=O) groups is 1. The van der Waals surface area contributed by atoms with Crippen LogP contribution >= 0.6 is 0 Å². The number of aromatic hydroxyl groups is 1. The average molecular weight is 242 g/mol. The highest BCUT2D eigenvalue weighted by Gasteiger charge is 2.06. The molecule has 0 aliphatic carbocycles. The van der Waals surface area contributed by atoms with E-state index in [0.717, 1.165) is 5.56 Å². The first-order chi connectivity index (χ1) is 8.66. The van der Waals surface area contributed by atoms with Crippen LogP contribution in [0.1, 0.15) is 22.8 Å². The summed E-state index contributed by atoms with van der Waals surface area (Å²) in [6.45, 7) is 1.84. The molecule has 2 aromatic carbocycles. The van der Waals surface area contributed by atoms with E-state index in [2.05, 4.69) is 0 Å². The Kier molecular flexibility index (Phi) is 3.63. The number of benzene rings is 2. The lowest BCUT2D eigenvalue weighted by molar-refractivity contribution is 0.101. The molecule has 0 aromatic heterocycles. The number of hydrogen-bond acceptors (Lipinski definition) is 3. The number of Topliss-reactive ketones (excluding diaryl/α,β-unsaturated/α-hetero) is 1. The number of ether oxygens (including phenoxy) is 1. The van der Waals surface area contributed by atoms with E-state index in [4.69, 9.17) is 4.74 Å². The maximum atomic E-state index is 11.4. The van der Waals surface area contributed by atoms with Gasteiger partial charge in [0.05, 0.1) is 0 Å². The number of carbonyl (C=O) groups excluding carboxylic acids is 1. The van der Waals surface area contributed by atoms with Crippen molar-refractivity contribution in [2.45, 2.75) is 13.5 Å². The summed E-state index contributed by atoms with van der Waals surface area (Å²) in [6, 6.07) is 13.9. The molecule has 3 heteroatoms. The second-order valence-electron chi connectivity index (χ2n) is 4.00. The second-order valence-corrected chi connectivity index (χ2v) is 4.00. The van der Waals surface area contributed by atoms with Crippen molar-refractivity contribution >= 4 is 5.78 Å². The standard InChI is InChI=1S/C15H14O3/c1-11(16)15-8-3-2-5-12(15)10-18-14-7-4-6-13(17)9-14/h2-9,17H,10H2,1H3. The molecule has 2 aromatic rings. The number of rotatable bonds is 4. The lowest BCUT2D eigenvalue weighted by Crippen LogP contribution is -2.03. The molecule has 0 bridgehead atoms. The molecule has 0 radical (unpaired) electrons. The van der Waals surface area contributed by atoms with Gasteiger partial charge in [0.25, 0.3) is 0 Å². The summed E-state index contributed by atoms with van der Waals surface area (Å²) in [4.78, 5) is 11.4. The molecule has 0 saturated heterocycles. The number of ketones is 1. The summed E-state index contributed by atoms with van der Waals surface area (Å²) in [6.07, 6.45) is 0. The molecule has 0 aliphatic heterocycles. The first-order valence-electron chi connectivity index (χ1n) is 5.67. The van der Waals surface area contributed by atoms with Crippen LogP contribution in [0.25, 0.3) is 0 Å².